The highest BCUT2D eigenvalue weighted by Gasteiger charge is 2.32. The number of nitro benzene ring substituents is 1. The number of carbonyl (C=O) groups is 1. The zero-order valence-corrected chi connectivity index (χ0v) is 15.8. The summed E-state index contributed by atoms with van der Waals surface area (Å²) < 4.78 is 64.5. The third-order valence-corrected chi connectivity index (χ3v) is 5.67. The maximum absolute atomic E-state index is 12.4. The number of anilines is 1. The molecule has 1 heterocycles. The van der Waals surface area contributed by atoms with Crippen LogP contribution in [0.1, 0.15) is 12.0 Å². The molecule has 152 valence electrons. The molecule has 12 nitrogen and oxygen atoms in total. The molecule has 2 aromatic rings. The van der Waals surface area contributed by atoms with Crippen LogP contribution in [0.2, 0.25) is 0 Å². The van der Waals surface area contributed by atoms with Crippen LogP contribution >= 0.6 is 0 Å². The van der Waals surface area contributed by atoms with Crippen molar-refractivity contribution in [3.05, 3.63) is 58.1 Å². The van der Waals surface area contributed by atoms with E-state index >= 15 is 0 Å². The Bertz CT molecular complexity index is 1270. The summed E-state index contributed by atoms with van der Waals surface area (Å²) in [5.74, 6) is -0.754. The number of carbonyl (C=O) groups excluding carboxylic acids is 1. The minimum Gasteiger partial charge on any atom is -0.282 e. The number of hydrazone groups is 1. The average Bonchev–Trinajstić information content (AvgIpc) is 3.01. The number of hydrogen-bond acceptors (Lipinski definition) is 8. The van der Waals surface area contributed by atoms with Gasteiger partial charge in [-0.3, -0.25) is 24.0 Å². The molecule has 0 bridgehead atoms. The second kappa shape index (κ2) is 7.00. The molecule has 1 aliphatic heterocycles. The Hall–Kier alpha value is -3.20. The van der Waals surface area contributed by atoms with E-state index in [0.29, 0.717) is 22.7 Å². The summed E-state index contributed by atoms with van der Waals surface area (Å²) in [7, 11) is -9.61. The van der Waals surface area contributed by atoms with Gasteiger partial charge in [0.2, 0.25) is 0 Å². The van der Waals surface area contributed by atoms with E-state index < -0.39 is 46.5 Å². The zero-order valence-electron chi connectivity index (χ0n) is 14.2. The fourth-order valence-electron chi connectivity index (χ4n) is 2.59. The maximum Gasteiger partial charge on any atom is 0.296 e. The van der Waals surface area contributed by atoms with Crippen LogP contribution < -0.4 is 5.01 Å². The Morgan fingerprint density at radius 2 is 1.62 bits per heavy atom. The molecule has 0 saturated carbocycles. The molecule has 0 atom stereocenters. The van der Waals surface area contributed by atoms with Crippen molar-refractivity contribution in [3.63, 3.8) is 0 Å². The number of nitro groups is 1. The van der Waals surface area contributed by atoms with Crippen LogP contribution in [0.5, 0.6) is 0 Å². The lowest BCUT2D eigenvalue weighted by molar-refractivity contribution is -0.384. The summed E-state index contributed by atoms with van der Waals surface area (Å²) >= 11 is 0. The first-order valence-electron chi connectivity index (χ1n) is 7.62. The molecular weight excluding hydrogens is 430 g/mol. The van der Waals surface area contributed by atoms with E-state index in [1.165, 1.54) is 24.3 Å². The van der Waals surface area contributed by atoms with Gasteiger partial charge in [0.25, 0.3) is 31.8 Å². The van der Waals surface area contributed by atoms with E-state index in [-0.39, 0.29) is 17.8 Å². The largest absolute Gasteiger partial charge is 0.296 e. The molecule has 0 spiro atoms. The molecule has 14 heteroatoms. The molecule has 0 fully saturated rings. The summed E-state index contributed by atoms with van der Waals surface area (Å²) in [6.45, 7) is 0. The molecule has 0 radical (unpaired) electrons. The lowest BCUT2D eigenvalue weighted by atomic mass is 10.1. The fourth-order valence-corrected chi connectivity index (χ4v) is 3.75. The molecule has 1 amide bonds. The van der Waals surface area contributed by atoms with E-state index in [0.717, 1.165) is 6.07 Å². The Labute approximate surface area is 163 Å². The highest BCUT2D eigenvalue weighted by Crippen LogP contribution is 2.32. The van der Waals surface area contributed by atoms with E-state index in [9.17, 15) is 40.8 Å². The van der Waals surface area contributed by atoms with Crippen LogP contribution in [0.25, 0.3) is 0 Å². The first kappa shape index (κ1) is 20.5. The van der Waals surface area contributed by atoms with Gasteiger partial charge in [-0.1, -0.05) is 0 Å². The third-order valence-electron chi connectivity index (χ3n) is 3.92. The summed E-state index contributed by atoms with van der Waals surface area (Å²) in [6, 6.07) is 7.18. The van der Waals surface area contributed by atoms with Crippen molar-refractivity contribution in [1.29, 1.82) is 0 Å². The van der Waals surface area contributed by atoms with Crippen molar-refractivity contribution >= 4 is 43.2 Å². The summed E-state index contributed by atoms with van der Waals surface area (Å²) in [5, 5.41) is 15.3. The molecule has 0 aliphatic carbocycles. The number of benzene rings is 2. The van der Waals surface area contributed by atoms with E-state index in [1.54, 1.807) is 0 Å². The van der Waals surface area contributed by atoms with E-state index in [2.05, 4.69) is 5.10 Å². The Morgan fingerprint density at radius 3 is 2.14 bits per heavy atom. The van der Waals surface area contributed by atoms with Crippen LogP contribution in [0, 0.1) is 10.1 Å². The van der Waals surface area contributed by atoms with Gasteiger partial charge >= 0.3 is 0 Å². The molecule has 0 unspecified atom stereocenters. The van der Waals surface area contributed by atoms with Gasteiger partial charge in [-0.05, 0) is 35.9 Å². The van der Waals surface area contributed by atoms with Gasteiger partial charge in [0.05, 0.1) is 27.6 Å². The summed E-state index contributed by atoms with van der Waals surface area (Å²) in [4.78, 5) is 21.0. The first-order chi connectivity index (χ1) is 13.4. The number of non-ortho nitro benzene ring substituents is 1. The molecule has 29 heavy (non-hydrogen) atoms. The second-order valence-corrected chi connectivity index (χ2v) is 8.62. The highest BCUT2D eigenvalue weighted by atomic mass is 32.2. The predicted molar refractivity (Wildman–Crippen MR) is 97.8 cm³/mol. The van der Waals surface area contributed by atoms with Crippen molar-refractivity contribution in [2.75, 3.05) is 5.01 Å². The van der Waals surface area contributed by atoms with Gasteiger partial charge in [-0.25, -0.2) is 0 Å². The monoisotopic (exact) mass is 441 g/mol. The Kier molecular flexibility index (Phi) is 4.96. The number of rotatable bonds is 5. The van der Waals surface area contributed by atoms with Crippen LogP contribution in [0.15, 0.2) is 57.4 Å². The Morgan fingerprint density at radius 1 is 1.00 bits per heavy atom. The van der Waals surface area contributed by atoms with Crippen LogP contribution in [0.3, 0.4) is 0 Å². The second-order valence-electron chi connectivity index (χ2n) is 5.81. The maximum atomic E-state index is 12.4. The molecule has 0 saturated heterocycles. The minimum absolute atomic E-state index is 0.128. The molecule has 3 rings (SSSR count). The standard InChI is InChI=1S/C15H11N3O9S2/c19-15-8-12(9-1-3-10(4-2-9)18(20)21)16-17(15)13-7-11(28(22,23)24)5-6-14(13)29(25,26)27/h1-7H,8H2,(H,22,23,24)(H,25,26,27). The van der Waals surface area contributed by atoms with Crippen molar-refractivity contribution in [2.24, 2.45) is 5.10 Å². The van der Waals surface area contributed by atoms with Gasteiger partial charge in [-0.15, -0.1) is 0 Å². The smallest absolute Gasteiger partial charge is 0.282 e. The number of hydrogen-bond donors (Lipinski definition) is 2. The molecule has 2 N–H and O–H groups in total. The molecule has 0 aromatic heterocycles. The third kappa shape index (κ3) is 4.14. The zero-order chi connectivity index (χ0) is 21.6. The quantitative estimate of drug-likeness (QED) is 0.391. The van der Waals surface area contributed by atoms with Gasteiger partial charge in [0.1, 0.15) is 4.90 Å². The lowest BCUT2D eigenvalue weighted by Gasteiger charge is -2.15. The van der Waals surface area contributed by atoms with Crippen molar-refractivity contribution < 1.29 is 35.7 Å². The summed E-state index contributed by atoms with van der Waals surface area (Å²) in [6.07, 6.45) is -0.321. The van der Waals surface area contributed by atoms with Gasteiger partial charge < -0.3 is 0 Å². The van der Waals surface area contributed by atoms with Crippen molar-refractivity contribution in [1.82, 2.24) is 0 Å². The van der Waals surface area contributed by atoms with Gasteiger partial charge in [0, 0.05) is 12.1 Å². The van der Waals surface area contributed by atoms with Gasteiger partial charge in [-0.2, -0.15) is 26.9 Å². The SMILES string of the molecule is O=C1CC(c2ccc([N+](=O)[O-])cc2)=NN1c1cc(S(=O)(=O)O)ccc1S(=O)(=O)O. The van der Waals surface area contributed by atoms with Crippen molar-refractivity contribution in [2.45, 2.75) is 16.2 Å². The van der Waals surface area contributed by atoms with E-state index in [4.69, 9.17) is 0 Å². The normalized spacial score (nSPS) is 14.8. The lowest BCUT2D eigenvalue weighted by Crippen LogP contribution is -2.22. The summed E-state index contributed by atoms with van der Waals surface area (Å²) in [5.41, 5.74) is -0.302. The fraction of sp³-hybridized carbons (Fsp3) is 0.0667. The highest BCUT2D eigenvalue weighted by molar-refractivity contribution is 7.86. The Balaban J connectivity index is 2.12. The number of nitrogens with zero attached hydrogens (tertiary/aromatic N) is 3. The first-order valence-corrected chi connectivity index (χ1v) is 10.5. The molecule has 2 aromatic carbocycles. The van der Waals surface area contributed by atoms with Crippen molar-refractivity contribution in [3.8, 4) is 0 Å². The van der Waals surface area contributed by atoms with Gasteiger partial charge in [0.15, 0.2) is 0 Å². The molecule has 1 aliphatic rings. The minimum atomic E-state index is -4.87. The van der Waals surface area contributed by atoms with Crippen LogP contribution in [-0.4, -0.2) is 42.5 Å². The predicted octanol–water partition coefficient (Wildman–Crippen LogP) is 1.23. The number of amides is 1. The van der Waals surface area contributed by atoms with Crippen LogP contribution in [0.4, 0.5) is 11.4 Å². The average molecular weight is 441 g/mol. The molecular formula is C15H11N3O9S2. The topological polar surface area (TPSA) is 185 Å². The van der Waals surface area contributed by atoms with Crippen LogP contribution in [-0.2, 0) is 25.0 Å². The van der Waals surface area contributed by atoms with E-state index in [1.807, 2.05) is 0 Å².